The van der Waals surface area contributed by atoms with Crippen LogP contribution in [0.15, 0.2) is 0 Å². The quantitative estimate of drug-likeness (QED) is 0.481. The van der Waals surface area contributed by atoms with Gasteiger partial charge in [0.2, 0.25) is 0 Å². The molecule has 1 fully saturated rings. The van der Waals surface area contributed by atoms with Crippen molar-refractivity contribution in [3.05, 3.63) is 0 Å². The van der Waals surface area contributed by atoms with E-state index in [0.717, 1.165) is 12.8 Å². The zero-order chi connectivity index (χ0) is 9.03. The highest BCUT2D eigenvalue weighted by Gasteiger charge is 2.40. The summed E-state index contributed by atoms with van der Waals surface area (Å²) < 4.78 is 4.65. The normalized spacial score (nSPS) is 20.0. The number of carbonyl (C=O) groups excluding carboxylic acids is 1. The Kier molecular flexibility index (Phi) is 2.72. The second-order valence-corrected chi connectivity index (χ2v) is 3.02. The molecule has 3 heteroatoms. The number of ether oxygens (including phenoxy) is 1. The third-order valence-corrected chi connectivity index (χ3v) is 2.10. The van der Waals surface area contributed by atoms with Crippen molar-refractivity contribution in [1.29, 1.82) is 0 Å². The summed E-state index contributed by atoms with van der Waals surface area (Å²) in [6.07, 6.45) is 7.66. The van der Waals surface area contributed by atoms with Crippen LogP contribution in [0.1, 0.15) is 25.7 Å². The minimum Gasteiger partial charge on any atom is -0.450 e. The Hall–Kier alpha value is -1.01. The van der Waals surface area contributed by atoms with Crippen LogP contribution in [0.5, 0.6) is 0 Å². The first kappa shape index (κ1) is 9.08. The van der Waals surface area contributed by atoms with E-state index in [4.69, 9.17) is 6.42 Å². The van der Waals surface area contributed by atoms with E-state index in [1.54, 1.807) is 0 Å². The largest absolute Gasteiger partial charge is 0.450 e. The zero-order valence-corrected chi connectivity index (χ0v) is 6.88. The van der Waals surface area contributed by atoms with Crippen LogP contribution in [0.4, 0.5) is 0 Å². The van der Waals surface area contributed by atoms with Gasteiger partial charge in [-0.1, -0.05) is 5.92 Å². The van der Waals surface area contributed by atoms with Gasteiger partial charge >= 0.3 is 5.97 Å². The van der Waals surface area contributed by atoms with Gasteiger partial charge in [0.25, 0.3) is 0 Å². The number of carbonyl (C=O) groups is 1. The van der Waals surface area contributed by atoms with Crippen LogP contribution in [0.3, 0.4) is 0 Å². The van der Waals surface area contributed by atoms with Gasteiger partial charge in [-0.25, -0.2) is 4.79 Å². The van der Waals surface area contributed by atoms with Gasteiger partial charge in [-0.05, 0) is 25.7 Å². The predicted octanol–water partition coefficient (Wildman–Crippen LogP) is 0.468. The van der Waals surface area contributed by atoms with Crippen molar-refractivity contribution < 1.29 is 14.6 Å². The summed E-state index contributed by atoms with van der Waals surface area (Å²) in [5.41, 5.74) is -1.25. The second-order valence-electron chi connectivity index (χ2n) is 3.02. The van der Waals surface area contributed by atoms with Crippen molar-refractivity contribution in [3.63, 3.8) is 0 Å². The van der Waals surface area contributed by atoms with Crippen LogP contribution in [-0.4, -0.2) is 23.3 Å². The Morgan fingerprint density at radius 3 is 2.67 bits per heavy atom. The highest BCUT2D eigenvalue weighted by Crippen LogP contribution is 2.30. The monoisotopic (exact) mass is 168 g/mol. The molecule has 0 aromatic rings. The molecule has 0 aromatic heterocycles. The molecular weight excluding hydrogens is 156 g/mol. The summed E-state index contributed by atoms with van der Waals surface area (Å²) in [7, 11) is 0. The molecule has 1 aliphatic carbocycles. The standard InChI is InChI=1S/C9H12O3/c1-2-7-12-8(10)9(11)5-3-4-6-9/h1,11H,3-7H2. The molecule has 1 saturated carbocycles. The average molecular weight is 168 g/mol. The number of rotatable bonds is 2. The minimum absolute atomic E-state index is 0.0544. The molecular formula is C9H12O3. The van der Waals surface area contributed by atoms with Crippen molar-refractivity contribution in [2.45, 2.75) is 31.3 Å². The molecule has 0 saturated heterocycles. The molecule has 1 rings (SSSR count). The Labute approximate surface area is 71.7 Å². The lowest BCUT2D eigenvalue weighted by Crippen LogP contribution is -2.37. The van der Waals surface area contributed by atoms with Gasteiger partial charge in [0.05, 0.1) is 0 Å². The van der Waals surface area contributed by atoms with Gasteiger partial charge < -0.3 is 9.84 Å². The molecule has 1 aliphatic rings. The number of aliphatic hydroxyl groups is 1. The fraction of sp³-hybridized carbons (Fsp3) is 0.667. The van der Waals surface area contributed by atoms with Crippen LogP contribution in [0.2, 0.25) is 0 Å². The average Bonchev–Trinajstić information content (AvgIpc) is 2.49. The Morgan fingerprint density at radius 2 is 2.17 bits per heavy atom. The van der Waals surface area contributed by atoms with Gasteiger partial charge in [0.1, 0.15) is 0 Å². The van der Waals surface area contributed by atoms with Gasteiger partial charge in [0, 0.05) is 0 Å². The van der Waals surface area contributed by atoms with E-state index in [-0.39, 0.29) is 6.61 Å². The molecule has 12 heavy (non-hydrogen) atoms. The molecule has 0 aromatic carbocycles. The first-order chi connectivity index (χ1) is 5.69. The van der Waals surface area contributed by atoms with Gasteiger partial charge in [0.15, 0.2) is 12.2 Å². The number of esters is 1. The lowest BCUT2D eigenvalue weighted by atomic mass is 10.0. The molecule has 0 heterocycles. The molecule has 0 bridgehead atoms. The van der Waals surface area contributed by atoms with Gasteiger partial charge in [-0.3, -0.25) is 0 Å². The minimum atomic E-state index is -1.25. The smallest absolute Gasteiger partial charge is 0.339 e. The van der Waals surface area contributed by atoms with E-state index >= 15 is 0 Å². The third-order valence-electron chi connectivity index (χ3n) is 2.10. The molecule has 1 N–H and O–H groups in total. The number of terminal acetylenes is 1. The van der Waals surface area contributed by atoms with Crippen molar-refractivity contribution >= 4 is 5.97 Å². The Balaban J connectivity index is 2.45. The second kappa shape index (κ2) is 3.59. The molecule has 0 atom stereocenters. The molecule has 0 amide bonds. The van der Waals surface area contributed by atoms with Crippen molar-refractivity contribution in [2.75, 3.05) is 6.61 Å². The van der Waals surface area contributed by atoms with Crippen molar-refractivity contribution in [3.8, 4) is 12.3 Å². The first-order valence-corrected chi connectivity index (χ1v) is 4.02. The maximum absolute atomic E-state index is 11.2. The summed E-state index contributed by atoms with van der Waals surface area (Å²) in [6, 6.07) is 0. The number of hydrogen-bond donors (Lipinski definition) is 1. The van der Waals surface area contributed by atoms with Crippen LogP contribution in [-0.2, 0) is 9.53 Å². The Morgan fingerprint density at radius 1 is 1.58 bits per heavy atom. The lowest BCUT2D eigenvalue weighted by molar-refractivity contribution is -0.163. The van der Waals surface area contributed by atoms with E-state index in [2.05, 4.69) is 10.7 Å². The zero-order valence-electron chi connectivity index (χ0n) is 6.88. The van der Waals surface area contributed by atoms with Crippen LogP contribution < -0.4 is 0 Å². The van der Waals surface area contributed by atoms with Gasteiger partial charge in [-0.2, -0.15) is 0 Å². The highest BCUT2D eigenvalue weighted by molar-refractivity contribution is 5.79. The van der Waals surface area contributed by atoms with E-state index in [0.29, 0.717) is 12.8 Å². The summed E-state index contributed by atoms with van der Waals surface area (Å²) in [6.45, 7) is -0.0544. The van der Waals surface area contributed by atoms with E-state index in [9.17, 15) is 9.90 Å². The van der Waals surface area contributed by atoms with Crippen LogP contribution >= 0.6 is 0 Å². The topological polar surface area (TPSA) is 46.5 Å². The van der Waals surface area contributed by atoms with Crippen LogP contribution in [0, 0.1) is 12.3 Å². The molecule has 0 unspecified atom stereocenters. The van der Waals surface area contributed by atoms with Gasteiger partial charge in [-0.15, -0.1) is 6.42 Å². The molecule has 0 spiro atoms. The molecule has 0 aliphatic heterocycles. The number of hydrogen-bond acceptors (Lipinski definition) is 3. The van der Waals surface area contributed by atoms with Crippen LogP contribution in [0.25, 0.3) is 0 Å². The summed E-state index contributed by atoms with van der Waals surface area (Å²) in [5.74, 6) is 1.61. The predicted molar refractivity (Wildman–Crippen MR) is 43.2 cm³/mol. The summed E-state index contributed by atoms with van der Waals surface area (Å²) >= 11 is 0. The highest BCUT2D eigenvalue weighted by atomic mass is 16.5. The fourth-order valence-electron chi connectivity index (χ4n) is 1.41. The molecule has 66 valence electrons. The first-order valence-electron chi connectivity index (χ1n) is 4.02. The Bertz CT molecular complexity index is 208. The molecule has 3 nitrogen and oxygen atoms in total. The van der Waals surface area contributed by atoms with Crippen molar-refractivity contribution in [2.24, 2.45) is 0 Å². The van der Waals surface area contributed by atoms with Crippen molar-refractivity contribution in [1.82, 2.24) is 0 Å². The van der Waals surface area contributed by atoms with E-state index in [1.807, 2.05) is 0 Å². The van der Waals surface area contributed by atoms with E-state index in [1.165, 1.54) is 0 Å². The third kappa shape index (κ3) is 1.77. The fourth-order valence-corrected chi connectivity index (χ4v) is 1.41. The maximum Gasteiger partial charge on any atom is 0.339 e. The SMILES string of the molecule is C#CCOC(=O)C1(O)CCCC1. The summed E-state index contributed by atoms with van der Waals surface area (Å²) in [4.78, 5) is 11.2. The maximum atomic E-state index is 11.2. The van der Waals surface area contributed by atoms with E-state index < -0.39 is 11.6 Å². The lowest BCUT2D eigenvalue weighted by Gasteiger charge is -2.18. The molecule has 0 radical (unpaired) electrons. The summed E-state index contributed by atoms with van der Waals surface area (Å²) in [5, 5.41) is 9.64.